The van der Waals surface area contributed by atoms with E-state index in [0.717, 1.165) is 4.90 Å². The molecule has 0 unspecified atom stereocenters. The number of anilines is 1. The first-order chi connectivity index (χ1) is 10.1. The van der Waals surface area contributed by atoms with Gasteiger partial charge in [-0.05, 0) is 24.3 Å². The first kappa shape index (κ1) is 15.3. The highest BCUT2D eigenvalue weighted by Crippen LogP contribution is 2.27. The van der Waals surface area contributed by atoms with Gasteiger partial charge in [0.05, 0.1) is 11.4 Å². The summed E-state index contributed by atoms with van der Waals surface area (Å²) in [6.07, 6.45) is 1.46. The van der Waals surface area contributed by atoms with Gasteiger partial charge in [-0.2, -0.15) is 0 Å². The van der Waals surface area contributed by atoms with Crippen molar-refractivity contribution in [2.75, 3.05) is 11.1 Å². The van der Waals surface area contributed by atoms with Crippen LogP contribution in [0.4, 0.5) is 5.69 Å². The van der Waals surface area contributed by atoms with E-state index >= 15 is 0 Å². The van der Waals surface area contributed by atoms with Gasteiger partial charge in [0, 0.05) is 16.1 Å². The highest BCUT2D eigenvalue weighted by atomic mass is 35.5. The number of nitrogens with two attached hydrogens (primary N) is 1. The lowest BCUT2D eigenvalue weighted by Crippen LogP contribution is -2.15. The van der Waals surface area contributed by atoms with Crippen LogP contribution in [0.5, 0.6) is 0 Å². The smallest absolute Gasteiger partial charge is 0.274 e. The number of para-hydroxylation sites is 1. The van der Waals surface area contributed by atoms with Gasteiger partial charge in [-0.3, -0.25) is 14.6 Å². The minimum absolute atomic E-state index is 0.141. The topological polar surface area (TPSA) is 85.1 Å². The predicted molar refractivity (Wildman–Crippen MR) is 83.6 cm³/mol. The average Bonchev–Trinajstić information content (AvgIpc) is 2.46. The fraction of sp³-hybridized carbons (Fsp3) is 0.0714. The van der Waals surface area contributed by atoms with Gasteiger partial charge in [-0.15, -0.1) is 11.8 Å². The lowest BCUT2D eigenvalue weighted by Gasteiger charge is -2.09. The Hall–Kier alpha value is -2.05. The summed E-state index contributed by atoms with van der Waals surface area (Å²) < 4.78 is 0. The van der Waals surface area contributed by atoms with Gasteiger partial charge in [0.25, 0.3) is 5.91 Å². The van der Waals surface area contributed by atoms with Gasteiger partial charge in [0.15, 0.2) is 0 Å². The monoisotopic (exact) mass is 321 g/mol. The number of nitrogens with zero attached hydrogens (tertiary/aromatic N) is 1. The molecule has 1 aromatic heterocycles. The normalized spacial score (nSPS) is 10.1. The van der Waals surface area contributed by atoms with Crippen LogP contribution < -0.4 is 11.1 Å². The SMILES string of the molecule is NC(=O)CSc1ccccc1NC(=O)c1cc(Cl)ccn1. The van der Waals surface area contributed by atoms with E-state index in [0.29, 0.717) is 10.7 Å². The number of aromatic nitrogens is 1. The lowest BCUT2D eigenvalue weighted by atomic mass is 10.3. The number of thioether (sulfide) groups is 1. The number of nitrogens with one attached hydrogen (secondary N) is 1. The Balaban J connectivity index is 2.15. The number of hydrogen-bond donors (Lipinski definition) is 2. The van der Waals surface area contributed by atoms with Crippen LogP contribution in [0.25, 0.3) is 0 Å². The van der Waals surface area contributed by atoms with Crippen molar-refractivity contribution in [3.05, 3.63) is 53.3 Å². The first-order valence-electron chi connectivity index (χ1n) is 5.99. The highest BCUT2D eigenvalue weighted by molar-refractivity contribution is 8.00. The third-order valence-electron chi connectivity index (χ3n) is 2.46. The van der Waals surface area contributed by atoms with Gasteiger partial charge in [-0.1, -0.05) is 23.7 Å². The molecule has 1 aromatic carbocycles. The summed E-state index contributed by atoms with van der Waals surface area (Å²) in [4.78, 5) is 27.7. The molecule has 0 fully saturated rings. The maximum absolute atomic E-state index is 12.1. The summed E-state index contributed by atoms with van der Waals surface area (Å²) >= 11 is 7.09. The minimum Gasteiger partial charge on any atom is -0.369 e. The Morgan fingerprint density at radius 1 is 1.29 bits per heavy atom. The maximum atomic E-state index is 12.1. The number of benzene rings is 1. The van der Waals surface area contributed by atoms with E-state index < -0.39 is 5.91 Å². The van der Waals surface area contributed by atoms with Gasteiger partial charge < -0.3 is 11.1 Å². The van der Waals surface area contributed by atoms with Crippen molar-refractivity contribution in [3.63, 3.8) is 0 Å². The second kappa shape index (κ2) is 7.10. The van der Waals surface area contributed by atoms with Gasteiger partial charge in [-0.25, -0.2) is 0 Å². The second-order valence-electron chi connectivity index (χ2n) is 4.06. The van der Waals surface area contributed by atoms with E-state index in [-0.39, 0.29) is 17.4 Å². The third-order valence-corrected chi connectivity index (χ3v) is 3.79. The number of primary amides is 1. The zero-order chi connectivity index (χ0) is 15.2. The first-order valence-corrected chi connectivity index (χ1v) is 7.35. The van der Waals surface area contributed by atoms with E-state index in [4.69, 9.17) is 17.3 Å². The number of amides is 2. The molecule has 1 heterocycles. The molecule has 0 aliphatic rings. The van der Waals surface area contributed by atoms with E-state index in [9.17, 15) is 9.59 Å². The molecule has 0 spiro atoms. The Morgan fingerprint density at radius 3 is 2.76 bits per heavy atom. The minimum atomic E-state index is -0.419. The van der Waals surface area contributed by atoms with Crippen LogP contribution in [0.15, 0.2) is 47.5 Å². The third kappa shape index (κ3) is 4.47. The predicted octanol–water partition coefficient (Wildman–Crippen LogP) is 2.56. The van der Waals surface area contributed by atoms with E-state index in [1.165, 1.54) is 24.0 Å². The molecule has 0 aliphatic carbocycles. The molecule has 2 aromatic rings. The van der Waals surface area contributed by atoms with Crippen LogP contribution in [0.2, 0.25) is 5.02 Å². The van der Waals surface area contributed by atoms with E-state index in [2.05, 4.69) is 10.3 Å². The number of carbonyl (C=O) groups is 2. The zero-order valence-electron chi connectivity index (χ0n) is 10.9. The summed E-state index contributed by atoms with van der Waals surface area (Å²) in [6.45, 7) is 0. The van der Waals surface area contributed by atoms with Crippen molar-refractivity contribution in [3.8, 4) is 0 Å². The summed E-state index contributed by atoms with van der Waals surface area (Å²) in [7, 11) is 0. The van der Waals surface area contributed by atoms with Gasteiger partial charge >= 0.3 is 0 Å². The van der Waals surface area contributed by atoms with Gasteiger partial charge in [0.2, 0.25) is 5.91 Å². The molecule has 21 heavy (non-hydrogen) atoms. The van der Waals surface area contributed by atoms with Crippen molar-refractivity contribution in [1.82, 2.24) is 4.98 Å². The molecule has 0 radical (unpaired) electrons. The summed E-state index contributed by atoms with van der Waals surface area (Å²) in [5.74, 6) is -0.648. The molecular weight excluding hydrogens is 310 g/mol. The van der Waals surface area contributed by atoms with E-state index in [1.807, 2.05) is 6.07 Å². The van der Waals surface area contributed by atoms with Crippen LogP contribution in [-0.4, -0.2) is 22.6 Å². The summed E-state index contributed by atoms with van der Waals surface area (Å²) in [5.41, 5.74) is 5.94. The molecule has 0 saturated carbocycles. The number of halogens is 1. The molecule has 0 atom stereocenters. The zero-order valence-corrected chi connectivity index (χ0v) is 12.4. The van der Waals surface area contributed by atoms with Crippen molar-refractivity contribution in [2.24, 2.45) is 5.73 Å². The standard InChI is InChI=1S/C14H12ClN3O2S/c15-9-5-6-17-11(7-9)14(20)18-10-3-1-2-4-12(10)21-8-13(16)19/h1-7H,8H2,(H2,16,19)(H,18,20). The van der Waals surface area contributed by atoms with Crippen LogP contribution in [0.3, 0.4) is 0 Å². The van der Waals surface area contributed by atoms with Crippen molar-refractivity contribution >= 4 is 40.9 Å². The molecule has 2 rings (SSSR count). The molecular formula is C14H12ClN3O2S. The van der Waals surface area contributed by atoms with Crippen LogP contribution in [0, 0.1) is 0 Å². The Morgan fingerprint density at radius 2 is 2.05 bits per heavy atom. The molecule has 5 nitrogen and oxygen atoms in total. The van der Waals surface area contributed by atoms with Crippen LogP contribution in [0.1, 0.15) is 10.5 Å². The molecule has 108 valence electrons. The number of hydrogen-bond acceptors (Lipinski definition) is 4. The molecule has 0 bridgehead atoms. The summed E-state index contributed by atoms with van der Waals surface area (Å²) in [5, 5.41) is 3.18. The quantitative estimate of drug-likeness (QED) is 0.829. The molecule has 2 amide bonds. The van der Waals surface area contributed by atoms with Crippen molar-refractivity contribution in [1.29, 1.82) is 0 Å². The van der Waals surface area contributed by atoms with Crippen molar-refractivity contribution in [2.45, 2.75) is 4.90 Å². The Bertz CT molecular complexity index is 679. The second-order valence-corrected chi connectivity index (χ2v) is 5.52. The van der Waals surface area contributed by atoms with Crippen LogP contribution >= 0.6 is 23.4 Å². The lowest BCUT2D eigenvalue weighted by molar-refractivity contribution is -0.115. The van der Waals surface area contributed by atoms with Gasteiger partial charge in [0.1, 0.15) is 5.69 Å². The Labute approximate surface area is 130 Å². The fourth-order valence-corrected chi connectivity index (χ4v) is 2.47. The van der Waals surface area contributed by atoms with Crippen LogP contribution in [-0.2, 0) is 4.79 Å². The maximum Gasteiger partial charge on any atom is 0.274 e. The molecule has 7 heteroatoms. The van der Waals surface area contributed by atoms with E-state index in [1.54, 1.807) is 24.3 Å². The Kier molecular flexibility index (Phi) is 5.19. The average molecular weight is 322 g/mol. The number of carbonyl (C=O) groups excluding carboxylic acids is 2. The summed E-state index contributed by atoms with van der Waals surface area (Å²) in [6, 6.07) is 10.2. The largest absolute Gasteiger partial charge is 0.369 e. The number of pyridine rings is 1. The fourth-order valence-electron chi connectivity index (χ4n) is 1.56. The molecule has 0 aliphatic heterocycles. The van der Waals surface area contributed by atoms with Crippen molar-refractivity contribution < 1.29 is 9.59 Å². The molecule has 3 N–H and O–H groups in total. The number of rotatable bonds is 5. The molecule has 0 saturated heterocycles. The highest BCUT2D eigenvalue weighted by Gasteiger charge is 2.11.